The number of anilines is 1. The lowest BCUT2D eigenvalue weighted by Crippen LogP contribution is -2.33. The molecule has 0 saturated carbocycles. The molecular weight excluding hydrogens is 270 g/mol. The Morgan fingerprint density at radius 2 is 1.88 bits per heavy atom. The lowest BCUT2D eigenvalue weighted by molar-refractivity contribution is -0.109. The van der Waals surface area contributed by atoms with Crippen LogP contribution in [0.15, 0.2) is 22.7 Å². The van der Waals surface area contributed by atoms with Gasteiger partial charge in [0, 0.05) is 24.4 Å². The van der Waals surface area contributed by atoms with E-state index in [0.717, 1.165) is 10.2 Å². The van der Waals surface area contributed by atoms with Crippen molar-refractivity contribution < 1.29 is 9.47 Å². The van der Waals surface area contributed by atoms with Crippen molar-refractivity contribution in [2.75, 3.05) is 19.5 Å². The molecular formula is C12H18BrNO2. The van der Waals surface area contributed by atoms with Crippen molar-refractivity contribution in [3.63, 3.8) is 0 Å². The van der Waals surface area contributed by atoms with Crippen molar-refractivity contribution >= 4 is 21.6 Å². The van der Waals surface area contributed by atoms with Crippen molar-refractivity contribution in [3.05, 3.63) is 28.2 Å². The highest BCUT2D eigenvalue weighted by Crippen LogP contribution is 2.21. The number of halogens is 1. The van der Waals surface area contributed by atoms with Gasteiger partial charge in [0.2, 0.25) is 0 Å². The second-order valence-corrected chi connectivity index (χ2v) is 4.59. The number of methoxy groups -OCH3 is 2. The normalized spacial score (nSPS) is 12.9. The summed E-state index contributed by atoms with van der Waals surface area (Å²) in [6.07, 6.45) is -0.246. The Bertz CT molecular complexity index is 340. The highest BCUT2D eigenvalue weighted by Gasteiger charge is 2.15. The zero-order chi connectivity index (χ0) is 12.1. The monoisotopic (exact) mass is 287 g/mol. The second-order valence-electron chi connectivity index (χ2n) is 3.74. The summed E-state index contributed by atoms with van der Waals surface area (Å²) in [4.78, 5) is 0. The van der Waals surface area contributed by atoms with Crippen molar-refractivity contribution in [3.8, 4) is 0 Å². The molecule has 0 aromatic heterocycles. The van der Waals surface area contributed by atoms with Gasteiger partial charge in [-0.1, -0.05) is 15.9 Å². The van der Waals surface area contributed by atoms with Gasteiger partial charge in [0.05, 0.1) is 6.04 Å². The molecule has 16 heavy (non-hydrogen) atoms. The molecule has 90 valence electrons. The fraction of sp³-hybridized carbons (Fsp3) is 0.500. The molecule has 0 aliphatic heterocycles. The van der Waals surface area contributed by atoms with Crippen LogP contribution >= 0.6 is 15.9 Å². The molecule has 4 heteroatoms. The molecule has 0 spiro atoms. The van der Waals surface area contributed by atoms with Crippen LogP contribution in [0.5, 0.6) is 0 Å². The first-order valence-corrected chi connectivity index (χ1v) is 5.96. The van der Waals surface area contributed by atoms with Crippen LogP contribution in [0.25, 0.3) is 0 Å². The van der Waals surface area contributed by atoms with E-state index in [4.69, 9.17) is 9.47 Å². The minimum absolute atomic E-state index is 0.0931. The Balaban J connectivity index is 2.69. The molecule has 1 aromatic carbocycles. The molecule has 3 nitrogen and oxygen atoms in total. The molecule has 0 bridgehead atoms. The summed E-state index contributed by atoms with van der Waals surface area (Å²) in [6, 6.07) is 6.23. The summed E-state index contributed by atoms with van der Waals surface area (Å²) in [5, 5.41) is 3.34. The van der Waals surface area contributed by atoms with E-state index < -0.39 is 0 Å². The van der Waals surface area contributed by atoms with Crippen LogP contribution in [0.3, 0.4) is 0 Å². The number of benzene rings is 1. The first-order chi connectivity index (χ1) is 7.58. The lowest BCUT2D eigenvalue weighted by Gasteiger charge is -2.23. The lowest BCUT2D eigenvalue weighted by atomic mass is 10.2. The van der Waals surface area contributed by atoms with Crippen LogP contribution in [-0.2, 0) is 9.47 Å². The number of ether oxygens (including phenoxy) is 2. The summed E-state index contributed by atoms with van der Waals surface area (Å²) in [6.45, 7) is 4.08. The van der Waals surface area contributed by atoms with Crippen LogP contribution < -0.4 is 5.32 Å². The summed E-state index contributed by atoms with van der Waals surface area (Å²) < 4.78 is 11.5. The molecule has 0 heterocycles. The predicted octanol–water partition coefficient (Wildman–Crippen LogP) is 3.18. The SMILES string of the molecule is COC(OC)C(C)Nc1ccc(Br)c(C)c1. The average molecular weight is 288 g/mol. The Morgan fingerprint density at radius 3 is 2.38 bits per heavy atom. The number of rotatable bonds is 5. The van der Waals surface area contributed by atoms with Crippen molar-refractivity contribution in [1.82, 2.24) is 0 Å². The van der Waals surface area contributed by atoms with E-state index in [-0.39, 0.29) is 12.3 Å². The van der Waals surface area contributed by atoms with Gasteiger partial charge in [0.1, 0.15) is 0 Å². The number of nitrogens with one attached hydrogen (secondary N) is 1. The quantitative estimate of drug-likeness (QED) is 0.844. The van der Waals surface area contributed by atoms with E-state index in [0.29, 0.717) is 0 Å². The van der Waals surface area contributed by atoms with Gasteiger partial charge in [-0.25, -0.2) is 0 Å². The van der Waals surface area contributed by atoms with Crippen LogP contribution in [0.2, 0.25) is 0 Å². The van der Waals surface area contributed by atoms with E-state index in [9.17, 15) is 0 Å². The maximum atomic E-state index is 5.19. The summed E-state index contributed by atoms with van der Waals surface area (Å²) >= 11 is 3.47. The smallest absolute Gasteiger partial charge is 0.176 e. The summed E-state index contributed by atoms with van der Waals surface area (Å²) in [5.74, 6) is 0. The van der Waals surface area contributed by atoms with Crippen molar-refractivity contribution in [1.29, 1.82) is 0 Å². The minimum Gasteiger partial charge on any atom is -0.377 e. The molecule has 1 unspecified atom stereocenters. The Labute approximate surface area is 105 Å². The van der Waals surface area contributed by atoms with E-state index in [2.05, 4.69) is 34.2 Å². The first-order valence-electron chi connectivity index (χ1n) is 5.16. The van der Waals surface area contributed by atoms with Gasteiger partial charge < -0.3 is 14.8 Å². The Kier molecular flexibility index (Phi) is 5.25. The van der Waals surface area contributed by atoms with E-state index in [1.54, 1.807) is 14.2 Å². The van der Waals surface area contributed by atoms with Gasteiger partial charge in [-0.2, -0.15) is 0 Å². The molecule has 0 amide bonds. The predicted molar refractivity (Wildman–Crippen MR) is 69.8 cm³/mol. The second kappa shape index (κ2) is 6.23. The molecule has 0 saturated heterocycles. The maximum Gasteiger partial charge on any atom is 0.176 e. The van der Waals surface area contributed by atoms with E-state index in [1.165, 1.54) is 5.56 Å². The third-order valence-corrected chi connectivity index (χ3v) is 3.31. The fourth-order valence-corrected chi connectivity index (χ4v) is 1.82. The van der Waals surface area contributed by atoms with Crippen LogP contribution in [0.1, 0.15) is 12.5 Å². The highest BCUT2D eigenvalue weighted by molar-refractivity contribution is 9.10. The van der Waals surface area contributed by atoms with Crippen LogP contribution in [-0.4, -0.2) is 26.6 Å². The fourth-order valence-electron chi connectivity index (χ4n) is 1.57. The van der Waals surface area contributed by atoms with E-state index in [1.807, 2.05) is 19.1 Å². The van der Waals surface area contributed by atoms with Crippen molar-refractivity contribution in [2.45, 2.75) is 26.2 Å². The maximum absolute atomic E-state index is 5.19. The Hall–Kier alpha value is -0.580. The molecule has 0 fully saturated rings. The third kappa shape index (κ3) is 3.47. The largest absolute Gasteiger partial charge is 0.377 e. The number of hydrogen-bond donors (Lipinski definition) is 1. The molecule has 1 atom stereocenters. The molecule has 1 rings (SSSR count). The van der Waals surface area contributed by atoms with Gasteiger partial charge in [-0.05, 0) is 37.6 Å². The molecule has 0 aliphatic carbocycles. The van der Waals surface area contributed by atoms with Gasteiger partial charge >= 0.3 is 0 Å². The number of hydrogen-bond acceptors (Lipinski definition) is 3. The molecule has 1 aromatic rings. The first kappa shape index (κ1) is 13.5. The van der Waals surface area contributed by atoms with E-state index >= 15 is 0 Å². The zero-order valence-electron chi connectivity index (χ0n) is 10.1. The topological polar surface area (TPSA) is 30.5 Å². The standard InChI is InChI=1S/C12H18BrNO2/c1-8-7-10(5-6-11(8)13)14-9(2)12(15-3)16-4/h5-7,9,12,14H,1-4H3. The highest BCUT2D eigenvalue weighted by atomic mass is 79.9. The van der Waals surface area contributed by atoms with Gasteiger partial charge in [-0.3, -0.25) is 0 Å². The number of aryl methyl sites for hydroxylation is 1. The van der Waals surface area contributed by atoms with Gasteiger partial charge in [-0.15, -0.1) is 0 Å². The van der Waals surface area contributed by atoms with Crippen molar-refractivity contribution in [2.24, 2.45) is 0 Å². The Morgan fingerprint density at radius 1 is 1.25 bits per heavy atom. The zero-order valence-corrected chi connectivity index (χ0v) is 11.7. The van der Waals surface area contributed by atoms with Crippen LogP contribution in [0.4, 0.5) is 5.69 Å². The minimum atomic E-state index is -0.246. The molecule has 1 N–H and O–H groups in total. The summed E-state index contributed by atoms with van der Waals surface area (Å²) in [7, 11) is 3.28. The van der Waals surface area contributed by atoms with Crippen LogP contribution in [0, 0.1) is 6.92 Å². The van der Waals surface area contributed by atoms with Gasteiger partial charge in [0.15, 0.2) is 6.29 Å². The third-order valence-electron chi connectivity index (χ3n) is 2.43. The summed E-state index contributed by atoms with van der Waals surface area (Å²) in [5.41, 5.74) is 2.26. The van der Waals surface area contributed by atoms with Gasteiger partial charge in [0.25, 0.3) is 0 Å². The molecule has 0 aliphatic rings. The average Bonchev–Trinajstić information content (AvgIpc) is 2.25. The molecule has 0 radical (unpaired) electrons.